The summed E-state index contributed by atoms with van der Waals surface area (Å²) >= 11 is 0. The van der Waals surface area contributed by atoms with E-state index >= 15 is 0 Å². The molecule has 0 aromatic heterocycles. The van der Waals surface area contributed by atoms with Crippen LogP contribution >= 0.6 is 0 Å². The summed E-state index contributed by atoms with van der Waals surface area (Å²) in [5, 5.41) is 9.17. The van der Waals surface area contributed by atoms with Gasteiger partial charge < -0.3 is 15.6 Å². The van der Waals surface area contributed by atoms with Crippen molar-refractivity contribution in [2.24, 2.45) is 5.73 Å². The van der Waals surface area contributed by atoms with E-state index in [1.54, 1.807) is 0 Å². The van der Waals surface area contributed by atoms with Crippen LogP contribution in [-0.2, 0) is 6.42 Å². The molecule has 1 aliphatic heterocycles. The summed E-state index contributed by atoms with van der Waals surface area (Å²) in [4.78, 5) is 0. The summed E-state index contributed by atoms with van der Waals surface area (Å²) in [7, 11) is 0. The molecule has 1 heterocycles. The maximum atomic E-state index is 9.17. The number of hydrogen-bond acceptors (Lipinski definition) is 3. The van der Waals surface area contributed by atoms with Crippen LogP contribution in [-0.4, -0.2) is 23.9 Å². The normalized spacial score (nSPS) is 16.5. The molecule has 0 saturated carbocycles. The van der Waals surface area contributed by atoms with E-state index in [2.05, 4.69) is 12.1 Å². The molecule has 3 N–H and O–H groups in total. The Kier molecular flexibility index (Phi) is 3.40. The van der Waals surface area contributed by atoms with Crippen LogP contribution in [0.15, 0.2) is 18.2 Å². The zero-order chi connectivity index (χ0) is 12.5. The van der Waals surface area contributed by atoms with Crippen LogP contribution in [0.25, 0.3) is 0 Å². The van der Waals surface area contributed by atoms with Crippen molar-refractivity contribution < 1.29 is 9.84 Å². The lowest BCUT2D eigenvalue weighted by atomic mass is 9.80. The topological polar surface area (TPSA) is 55.5 Å². The minimum Gasteiger partial charge on any atom is -0.493 e. The lowest BCUT2D eigenvalue weighted by Crippen LogP contribution is -2.39. The molecule has 1 aromatic carbocycles. The summed E-state index contributed by atoms with van der Waals surface area (Å²) in [6.07, 6.45) is 1.67. The first kappa shape index (κ1) is 12.4. The molecule has 3 nitrogen and oxygen atoms in total. The van der Waals surface area contributed by atoms with Crippen molar-refractivity contribution in [3.63, 3.8) is 0 Å². The van der Waals surface area contributed by atoms with E-state index in [4.69, 9.17) is 10.5 Å². The first-order valence-corrected chi connectivity index (χ1v) is 6.17. The van der Waals surface area contributed by atoms with Gasteiger partial charge in [0.05, 0.1) is 6.61 Å². The van der Waals surface area contributed by atoms with Crippen molar-refractivity contribution in [1.29, 1.82) is 0 Å². The fraction of sp³-hybridized carbons (Fsp3) is 0.571. The fourth-order valence-corrected chi connectivity index (χ4v) is 2.52. The number of aliphatic hydroxyl groups excluding tert-OH is 1. The number of hydrogen-bond donors (Lipinski definition) is 2. The molecular weight excluding hydrogens is 214 g/mol. The number of nitrogens with two attached hydrogens (primary N) is 1. The average Bonchev–Trinajstić information content (AvgIpc) is 2.71. The van der Waals surface area contributed by atoms with E-state index in [9.17, 15) is 5.11 Å². The molecular formula is C14H21NO2. The molecule has 94 valence electrons. The Morgan fingerprint density at radius 3 is 2.88 bits per heavy atom. The second-order valence-electron chi connectivity index (χ2n) is 5.35. The first-order valence-electron chi connectivity index (χ1n) is 6.17. The van der Waals surface area contributed by atoms with Crippen molar-refractivity contribution >= 4 is 0 Å². The molecule has 3 heteroatoms. The van der Waals surface area contributed by atoms with Crippen LogP contribution in [0.4, 0.5) is 0 Å². The molecule has 0 saturated heterocycles. The maximum absolute atomic E-state index is 9.17. The predicted molar refractivity (Wildman–Crippen MR) is 68.4 cm³/mol. The molecule has 0 fully saturated rings. The van der Waals surface area contributed by atoms with Crippen LogP contribution in [0.2, 0.25) is 0 Å². The van der Waals surface area contributed by atoms with Crippen molar-refractivity contribution in [2.45, 2.75) is 38.1 Å². The Bertz CT molecular complexity index is 396. The largest absolute Gasteiger partial charge is 0.493 e. The number of rotatable bonds is 4. The molecule has 2 rings (SSSR count). The van der Waals surface area contributed by atoms with Gasteiger partial charge in [0.2, 0.25) is 0 Å². The number of fused-ring (bicyclic) bond motifs is 1. The van der Waals surface area contributed by atoms with Gasteiger partial charge in [0.15, 0.2) is 0 Å². The molecule has 17 heavy (non-hydrogen) atoms. The van der Waals surface area contributed by atoms with Gasteiger partial charge in [-0.3, -0.25) is 0 Å². The molecule has 1 aromatic rings. The molecule has 0 bridgehead atoms. The van der Waals surface area contributed by atoms with Gasteiger partial charge in [0.1, 0.15) is 5.75 Å². The summed E-state index contributed by atoms with van der Waals surface area (Å²) < 4.78 is 5.50. The zero-order valence-corrected chi connectivity index (χ0v) is 10.6. The minimum atomic E-state index is -0.323. The first-order chi connectivity index (χ1) is 8.02. The highest BCUT2D eigenvalue weighted by Gasteiger charge is 2.27. The quantitative estimate of drug-likeness (QED) is 0.837. The second-order valence-corrected chi connectivity index (χ2v) is 5.35. The Labute approximate surface area is 103 Å². The van der Waals surface area contributed by atoms with Gasteiger partial charge in [0, 0.05) is 24.5 Å². The van der Waals surface area contributed by atoms with Crippen LogP contribution in [0.3, 0.4) is 0 Å². The second kappa shape index (κ2) is 4.67. The van der Waals surface area contributed by atoms with Gasteiger partial charge >= 0.3 is 0 Å². The third-order valence-electron chi connectivity index (χ3n) is 3.43. The van der Waals surface area contributed by atoms with Gasteiger partial charge in [-0.1, -0.05) is 12.1 Å². The molecule has 0 aliphatic carbocycles. The van der Waals surface area contributed by atoms with Crippen LogP contribution in [0, 0.1) is 0 Å². The van der Waals surface area contributed by atoms with Gasteiger partial charge in [-0.25, -0.2) is 0 Å². The third kappa shape index (κ3) is 2.61. The zero-order valence-electron chi connectivity index (χ0n) is 10.6. The lowest BCUT2D eigenvalue weighted by Gasteiger charge is -2.31. The van der Waals surface area contributed by atoms with Crippen LogP contribution in [0.1, 0.15) is 37.3 Å². The van der Waals surface area contributed by atoms with Gasteiger partial charge in [-0.2, -0.15) is 0 Å². The molecule has 0 spiro atoms. The lowest BCUT2D eigenvalue weighted by molar-refractivity contribution is 0.250. The van der Waals surface area contributed by atoms with Crippen LogP contribution < -0.4 is 10.5 Å². The van der Waals surface area contributed by atoms with Crippen molar-refractivity contribution in [1.82, 2.24) is 0 Å². The Balaban J connectivity index is 2.30. The maximum Gasteiger partial charge on any atom is 0.122 e. The average molecular weight is 235 g/mol. The fourth-order valence-electron chi connectivity index (χ4n) is 2.52. The van der Waals surface area contributed by atoms with Gasteiger partial charge in [0.25, 0.3) is 0 Å². The van der Waals surface area contributed by atoms with Crippen LogP contribution in [0.5, 0.6) is 5.75 Å². The Morgan fingerprint density at radius 1 is 1.47 bits per heavy atom. The van der Waals surface area contributed by atoms with Crippen molar-refractivity contribution in [3.8, 4) is 5.75 Å². The van der Waals surface area contributed by atoms with E-state index < -0.39 is 0 Å². The van der Waals surface area contributed by atoms with Crippen molar-refractivity contribution in [3.05, 3.63) is 29.3 Å². The SMILES string of the molecule is CC(C)(N)C(CCO)c1ccc2c(c1)CCO2. The van der Waals surface area contributed by atoms with E-state index in [1.807, 2.05) is 19.9 Å². The molecule has 1 aliphatic rings. The molecule has 1 unspecified atom stereocenters. The Morgan fingerprint density at radius 2 is 2.24 bits per heavy atom. The van der Waals surface area contributed by atoms with Gasteiger partial charge in [-0.15, -0.1) is 0 Å². The molecule has 0 radical (unpaired) electrons. The van der Waals surface area contributed by atoms with E-state index in [-0.39, 0.29) is 18.1 Å². The summed E-state index contributed by atoms with van der Waals surface area (Å²) in [6, 6.07) is 6.27. The van der Waals surface area contributed by atoms with E-state index in [0.29, 0.717) is 6.42 Å². The number of ether oxygens (including phenoxy) is 1. The van der Waals surface area contributed by atoms with Crippen molar-refractivity contribution in [2.75, 3.05) is 13.2 Å². The highest BCUT2D eigenvalue weighted by atomic mass is 16.5. The summed E-state index contributed by atoms with van der Waals surface area (Å²) in [5.74, 6) is 1.17. The molecule has 0 amide bonds. The molecule has 1 atom stereocenters. The highest BCUT2D eigenvalue weighted by molar-refractivity contribution is 5.41. The number of benzene rings is 1. The third-order valence-corrected chi connectivity index (χ3v) is 3.43. The summed E-state index contributed by atoms with van der Waals surface area (Å²) in [6.45, 7) is 4.96. The Hall–Kier alpha value is -1.06. The highest BCUT2D eigenvalue weighted by Crippen LogP contribution is 2.34. The van der Waals surface area contributed by atoms with E-state index in [1.165, 1.54) is 11.1 Å². The predicted octanol–water partition coefficient (Wildman–Crippen LogP) is 1.82. The smallest absolute Gasteiger partial charge is 0.122 e. The number of aliphatic hydroxyl groups is 1. The standard InChI is InChI=1S/C14H21NO2/c1-14(2,15)12(5-7-16)10-3-4-13-11(9-10)6-8-17-13/h3-4,9,12,16H,5-8,15H2,1-2H3. The summed E-state index contributed by atoms with van der Waals surface area (Å²) in [5.41, 5.74) is 8.34. The monoisotopic (exact) mass is 235 g/mol. The van der Waals surface area contributed by atoms with Gasteiger partial charge in [-0.05, 0) is 37.5 Å². The minimum absolute atomic E-state index is 0.166. The van der Waals surface area contributed by atoms with E-state index in [0.717, 1.165) is 18.8 Å².